The molecule has 1 aliphatic heterocycles. The maximum absolute atomic E-state index is 5.67. The summed E-state index contributed by atoms with van der Waals surface area (Å²) in [5, 5.41) is 21.3. The van der Waals surface area contributed by atoms with E-state index in [0.29, 0.717) is 0 Å². The lowest BCUT2D eigenvalue weighted by Crippen LogP contribution is -2.46. The van der Waals surface area contributed by atoms with Crippen molar-refractivity contribution < 1.29 is 0 Å². The van der Waals surface area contributed by atoms with Crippen molar-refractivity contribution in [1.82, 2.24) is 15.2 Å². The molecule has 0 bridgehead atoms. The number of para-hydroxylation sites is 2. The minimum atomic E-state index is -0.340. The molecule has 1 fully saturated rings. The van der Waals surface area contributed by atoms with Crippen LogP contribution in [-0.2, 0) is 0 Å². The number of rotatable bonds is 4. The SMILES string of the molecule is c1ccc(-c2cccc3c4ccccc4n(C4[N-]C(c5cccc6c5sc5c6ccc6c7ccccc7sc65)NC(c5ccccc5)N4)c23)cc1. The van der Waals surface area contributed by atoms with Crippen molar-refractivity contribution in [3.05, 3.63) is 174 Å². The molecule has 0 amide bonds. The Balaban J connectivity index is 1.12. The third-order valence-corrected chi connectivity index (χ3v) is 13.1. The zero-order chi connectivity index (χ0) is 33.5. The van der Waals surface area contributed by atoms with Gasteiger partial charge in [-0.3, -0.25) is 5.32 Å². The van der Waals surface area contributed by atoms with Crippen molar-refractivity contribution in [2.45, 2.75) is 18.6 Å². The first-order valence-electron chi connectivity index (χ1n) is 17.4. The van der Waals surface area contributed by atoms with Crippen LogP contribution in [0.15, 0.2) is 158 Å². The van der Waals surface area contributed by atoms with Crippen molar-refractivity contribution in [2.24, 2.45) is 0 Å². The Morgan fingerprint density at radius 3 is 2.00 bits per heavy atom. The van der Waals surface area contributed by atoms with Gasteiger partial charge in [-0.2, -0.15) is 0 Å². The Hall–Kier alpha value is -5.34. The van der Waals surface area contributed by atoms with Crippen LogP contribution in [0.5, 0.6) is 0 Å². The highest BCUT2D eigenvalue weighted by Crippen LogP contribution is 2.48. The maximum Gasteiger partial charge on any atom is 0.0827 e. The summed E-state index contributed by atoms with van der Waals surface area (Å²) in [5.41, 5.74) is 7.13. The molecule has 6 heteroatoms. The molecule has 0 radical (unpaired) electrons. The predicted molar refractivity (Wildman–Crippen MR) is 218 cm³/mol. The van der Waals surface area contributed by atoms with Crippen molar-refractivity contribution in [3.8, 4) is 11.1 Å². The molecule has 2 N–H and O–H groups in total. The first-order valence-corrected chi connectivity index (χ1v) is 19.0. The molecular weight excluding hydrogens is 661 g/mol. The molecule has 1 aliphatic rings. The first kappa shape index (κ1) is 29.4. The van der Waals surface area contributed by atoms with Crippen LogP contribution < -0.4 is 10.6 Å². The lowest BCUT2D eigenvalue weighted by Gasteiger charge is -2.51. The summed E-state index contributed by atoms with van der Waals surface area (Å²) < 4.78 is 7.79. The number of hydrogen-bond acceptors (Lipinski definition) is 4. The summed E-state index contributed by atoms with van der Waals surface area (Å²) in [7, 11) is 0. The summed E-state index contributed by atoms with van der Waals surface area (Å²) >= 11 is 3.81. The van der Waals surface area contributed by atoms with Crippen LogP contribution in [0.1, 0.15) is 29.7 Å². The zero-order valence-corrected chi connectivity index (χ0v) is 29.1. The number of nitrogens with one attached hydrogen (secondary N) is 2. The number of nitrogens with zero attached hydrogens (tertiary/aromatic N) is 2. The average Bonchev–Trinajstić information content (AvgIpc) is 3.88. The van der Waals surface area contributed by atoms with Gasteiger partial charge >= 0.3 is 0 Å². The van der Waals surface area contributed by atoms with Crippen molar-refractivity contribution >= 4 is 84.8 Å². The number of aromatic nitrogens is 1. The van der Waals surface area contributed by atoms with Crippen molar-refractivity contribution in [3.63, 3.8) is 0 Å². The summed E-state index contributed by atoms with van der Waals surface area (Å²) in [6.07, 6.45) is -0.721. The fourth-order valence-electron chi connectivity index (χ4n) is 8.16. The quantitative estimate of drug-likeness (QED) is 0.193. The molecule has 0 spiro atoms. The lowest BCUT2D eigenvalue weighted by molar-refractivity contribution is 0.275. The Kier molecular flexibility index (Phi) is 6.69. The molecule has 4 nitrogen and oxygen atoms in total. The monoisotopic (exact) mass is 691 g/mol. The van der Waals surface area contributed by atoms with Gasteiger partial charge in [-0.25, -0.2) is 0 Å². The van der Waals surface area contributed by atoms with E-state index in [-0.39, 0.29) is 18.6 Å². The third-order valence-electron chi connectivity index (χ3n) is 10.5. The van der Waals surface area contributed by atoms with E-state index in [9.17, 15) is 0 Å². The second-order valence-corrected chi connectivity index (χ2v) is 15.4. The summed E-state index contributed by atoms with van der Waals surface area (Å²) in [5.74, 6) is 0. The molecule has 7 aromatic carbocycles. The van der Waals surface area contributed by atoms with E-state index in [1.165, 1.54) is 78.9 Å². The predicted octanol–water partition coefficient (Wildman–Crippen LogP) is 12.6. The molecule has 3 atom stereocenters. The lowest BCUT2D eigenvalue weighted by atomic mass is 10.0. The number of thiophene rings is 2. The number of fused-ring (bicyclic) bond motifs is 10. The van der Waals surface area contributed by atoms with E-state index in [4.69, 9.17) is 5.32 Å². The van der Waals surface area contributed by atoms with Gasteiger partial charge in [-0.1, -0.05) is 152 Å². The molecule has 0 saturated carbocycles. The third kappa shape index (κ3) is 4.55. The number of benzene rings is 7. The van der Waals surface area contributed by atoms with Crippen molar-refractivity contribution in [2.75, 3.05) is 0 Å². The minimum Gasteiger partial charge on any atom is -0.610 e. The fourth-order valence-corrected chi connectivity index (χ4v) is 10.8. The van der Waals surface area contributed by atoms with E-state index in [0.717, 1.165) is 5.52 Å². The standard InChI is InChI=1S/C45H31N4S2/c1-3-13-27(14-4-1)29-19-11-20-32-30-17-7-9-23-37(30)49(39(29)32)45-47-43(28-15-5-2-6-16-28)46-44(48-45)36-22-12-21-33-35-26-25-34-31-18-8-10-24-38(31)50-41(34)42(35)51-40(33)36/h1-26,43-47H/q-1. The second-order valence-electron chi connectivity index (χ2n) is 13.3. The smallest absolute Gasteiger partial charge is 0.0827 e. The highest BCUT2D eigenvalue weighted by atomic mass is 32.1. The van der Waals surface area contributed by atoms with Crippen LogP contribution in [0.25, 0.3) is 78.6 Å². The Labute approximate surface area is 302 Å². The highest BCUT2D eigenvalue weighted by molar-refractivity contribution is 7.33. The molecule has 0 aliphatic carbocycles. The van der Waals surface area contributed by atoms with Crippen LogP contribution in [0, 0.1) is 0 Å². The van der Waals surface area contributed by atoms with Crippen LogP contribution in [-0.4, -0.2) is 4.57 Å². The fraction of sp³-hybridized carbons (Fsp3) is 0.0667. The first-order chi connectivity index (χ1) is 25.3. The second kappa shape index (κ2) is 11.6. The molecular formula is C45H31N4S2-. The van der Waals surface area contributed by atoms with E-state index >= 15 is 0 Å². The topological polar surface area (TPSA) is 43.1 Å². The van der Waals surface area contributed by atoms with Gasteiger partial charge in [0.05, 0.1) is 21.1 Å². The summed E-state index contributed by atoms with van der Waals surface area (Å²) in [6, 6.07) is 57.0. The molecule has 11 rings (SSSR count). The molecule has 10 aromatic rings. The zero-order valence-electron chi connectivity index (χ0n) is 27.5. The van der Waals surface area contributed by atoms with Crippen molar-refractivity contribution in [1.29, 1.82) is 0 Å². The van der Waals surface area contributed by atoms with Crippen LogP contribution in [0.3, 0.4) is 0 Å². The normalized spacial score (nSPS) is 18.2. The van der Waals surface area contributed by atoms with E-state index in [1.54, 1.807) is 0 Å². The minimum absolute atomic E-state index is 0.127. The molecule has 4 heterocycles. The van der Waals surface area contributed by atoms with E-state index < -0.39 is 0 Å². The molecule has 3 unspecified atom stereocenters. The van der Waals surface area contributed by atoms with Gasteiger partial charge < -0.3 is 15.2 Å². The van der Waals surface area contributed by atoms with Gasteiger partial charge in [0.1, 0.15) is 0 Å². The van der Waals surface area contributed by atoms with Gasteiger partial charge in [0.25, 0.3) is 0 Å². The Bertz CT molecular complexity index is 2920. The van der Waals surface area contributed by atoms with Gasteiger partial charge in [-0.05, 0) is 35.1 Å². The van der Waals surface area contributed by atoms with Crippen LogP contribution in [0.4, 0.5) is 0 Å². The van der Waals surface area contributed by atoms with Crippen LogP contribution in [0.2, 0.25) is 0 Å². The molecule has 3 aromatic heterocycles. The van der Waals surface area contributed by atoms with E-state index in [2.05, 4.69) is 173 Å². The Morgan fingerprint density at radius 1 is 0.490 bits per heavy atom. The van der Waals surface area contributed by atoms with Gasteiger partial charge in [0.15, 0.2) is 0 Å². The molecule has 244 valence electrons. The highest BCUT2D eigenvalue weighted by Gasteiger charge is 2.27. The van der Waals surface area contributed by atoms with Gasteiger partial charge in [0, 0.05) is 52.8 Å². The number of hydrogen-bond donors (Lipinski definition) is 2. The summed E-state index contributed by atoms with van der Waals surface area (Å²) in [4.78, 5) is 0. The molecule has 51 heavy (non-hydrogen) atoms. The van der Waals surface area contributed by atoms with Crippen LogP contribution >= 0.6 is 22.7 Å². The van der Waals surface area contributed by atoms with Gasteiger partial charge in [0.2, 0.25) is 0 Å². The summed E-state index contributed by atoms with van der Waals surface area (Å²) in [6.45, 7) is 0. The van der Waals surface area contributed by atoms with Gasteiger partial charge in [-0.15, -0.1) is 22.7 Å². The average molecular weight is 692 g/mol. The Morgan fingerprint density at radius 2 is 1.14 bits per heavy atom. The molecule has 1 saturated heterocycles. The maximum atomic E-state index is 5.67. The van der Waals surface area contributed by atoms with E-state index in [1.807, 2.05) is 22.7 Å². The largest absolute Gasteiger partial charge is 0.610 e.